The molecule has 0 aliphatic heterocycles. The van der Waals surface area contributed by atoms with Crippen LogP contribution in [-0.2, 0) is 17.6 Å². The van der Waals surface area contributed by atoms with Gasteiger partial charge in [0.2, 0.25) is 5.91 Å². The maximum absolute atomic E-state index is 11.6. The molecular weight excluding hydrogens is 576 g/mol. The molecule has 0 radical (unpaired) electrons. The third-order valence-corrected chi connectivity index (χ3v) is 4.55. The Labute approximate surface area is 207 Å². The average molecular weight is 617 g/mol. The molecule has 1 amide bonds. The molecule has 1 aromatic carbocycles. The number of nitrogens with zero attached hydrogens (tertiary/aromatic N) is 2. The lowest BCUT2D eigenvalue weighted by Gasteiger charge is -2.24. The van der Waals surface area contributed by atoms with Gasteiger partial charge in [-0.05, 0) is 55.7 Å². The van der Waals surface area contributed by atoms with Gasteiger partial charge in [-0.15, -0.1) is 0 Å². The van der Waals surface area contributed by atoms with Crippen molar-refractivity contribution in [3.63, 3.8) is 0 Å². The van der Waals surface area contributed by atoms with E-state index in [4.69, 9.17) is 0 Å². The molecule has 0 bridgehead atoms. The molecule has 28 heavy (non-hydrogen) atoms. The first kappa shape index (κ1) is 30.3. The van der Waals surface area contributed by atoms with Gasteiger partial charge in [0, 0.05) is 12.6 Å². The van der Waals surface area contributed by atoms with Crippen LogP contribution in [0.3, 0.4) is 0 Å². The minimum Gasteiger partial charge on any atom is -1.00 e. The second kappa shape index (κ2) is 14.1. The molecule has 0 saturated carbocycles. The highest BCUT2D eigenvalue weighted by molar-refractivity contribution is 5.89. The predicted octanol–water partition coefficient (Wildman–Crippen LogP) is -2.29. The number of quaternary nitrogens is 2. The molecule has 1 N–H and O–H groups in total. The molecule has 6 heteroatoms. The summed E-state index contributed by atoms with van der Waals surface area (Å²) in [7, 11) is 13.4. The highest BCUT2D eigenvalue weighted by Crippen LogP contribution is 2.22. The molecular formula is C22H41I2N3O. The van der Waals surface area contributed by atoms with Crippen molar-refractivity contribution in [3.8, 4) is 0 Å². The molecule has 164 valence electrons. The first-order valence-electron chi connectivity index (χ1n) is 9.97. The lowest BCUT2D eigenvalue weighted by atomic mass is 10.0. The summed E-state index contributed by atoms with van der Waals surface area (Å²) in [6.07, 6.45) is 6.89. The van der Waals surface area contributed by atoms with E-state index >= 15 is 0 Å². The maximum atomic E-state index is 11.6. The predicted molar refractivity (Wildman–Crippen MR) is 112 cm³/mol. The highest BCUT2D eigenvalue weighted by atomic mass is 127. The van der Waals surface area contributed by atoms with Gasteiger partial charge in [-0.3, -0.25) is 4.79 Å². The summed E-state index contributed by atoms with van der Waals surface area (Å²) in [5.41, 5.74) is 3.59. The van der Waals surface area contributed by atoms with Crippen LogP contribution in [0.1, 0.15) is 43.7 Å². The van der Waals surface area contributed by atoms with Crippen LogP contribution in [-0.4, -0.2) is 70.2 Å². The van der Waals surface area contributed by atoms with Crippen molar-refractivity contribution in [1.82, 2.24) is 0 Å². The van der Waals surface area contributed by atoms with Gasteiger partial charge >= 0.3 is 0 Å². The first-order chi connectivity index (χ1) is 12.0. The Morgan fingerprint density at radius 2 is 1.32 bits per heavy atom. The number of hydrogen-bond acceptors (Lipinski definition) is 1. The minimum atomic E-state index is 0. The van der Waals surface area contributed by atoms with Crippen LogP contribution in [0.5, 0.6) is 0 Å². The Morgan fingerprint density at radius 3 is 1.79 bits per heavy atom. The van der Waals surface area contributed by atoms with E-state index in [1.807, 2.05) is 0 Å². The van der Waals surface area contributed by atoms with Crippen LogP contribution in [0, 0.1) is 0 Å². The molecule has 1 rings (SSSR count). The Hall–Kier alpha value is 0.0700. The summed E-state index contributed by atoms with van der Waals surface area (Å²) in [5, 5.41) is 3.04. The SMILES string of the molecule is CC(=O)Nc1cc(CCCC[N+](C)(C)C)ccc1CCCC[N+](C)(C)C.[I-].[I-]. The number of amides is 1. The monoisotopic (exact) mass is 617 g/mol. The molecule has 0 aliphatic rings. The number of unbranched alkanes of at least 4 members (excludes halogenated alkanes) is 2. The van der Waals surface area contributed by atoms with Gasteiger partial charge in [0.05, 0.1) is 55.4 Å². The Kier molecular flexibility index (Phi) is 15.3. The smallest absolute Gasteiger partial charge is 0.221 e. The normalized spacial score (nSPS) is 11.4. The van der Waals surface area contributed by atoms with E-state index < -0.39 is 0 Å². The standard InChI is InChI=1S/C22H40N3O.2HI/c1-19(26)23-22-18-20(12-8-10-16-24(2,3)4)14-15-21(22)13-9-11-17-25(5,6)7;;/h14-15,18H,8-13,16-17H2,1-7H3;2*1H/q+1;;/p-1. The van der Waals surface area contributed by atoms with Crippen molar-refractivity contribution in [2.75, 3.05) is 60.7 Å². The number of anilines is 1. The largest absolute Gasteiger partial charge is 1.00 e. The Balaban J connectivity index is 0. The molecule has 0 heterocycles. The second-order valence-corrected chi connectivity index (χ2v) is 9.61. The summed E-state index contributed by atoms with van der Waals surface area (Å²) in [4.78, 5) is 11.6. The summed E-state index contributed by atoms with van der Waals surface area (Å²) < 4.78 is 2.02. The number of nitrogens with one attached hydrogen (secondary N) is 1. The van der Waals surface area contributed by atoms with Crippen LogP contribution in [0.25, 0.3) is 0 Å². The van der Waals surface area contributed by atoms with Gasteiger partial charge < -0.3 is 62.2 Å². The van der Waals surface area contributed by atoms with Crippen molar-refractivity contribution in [1.29, 1.82) is 0 Å². The van der Waals surface area contributed by atoms with Crippen molar-refractivity contribution in [2.24, 2.45) is 0 Å². The minimum absolute atomic E-state index is 0. The number of aryl methyl sites for hydroxylation is 2. The number of carbonyl (C=O) groups excluding carboxylic acids is 1. The number of rotatable bonds is 11. The molecule has 0 aliphatic carbocycles. The molecule has 4 nitrogen and oxygen atoms in total. The number of carbonyl (C=O) groups is 1. The van der Waals surface area contributed by atoms with E-state index in [1.165, 1.54) is 43.5 Å². The Bertz CT molecular complexity index is 578. The first-order valence-corrected chi connectivity index (χ1v) is 9.97. The van der Waals surface area contributed by atoms with E-state index in [1.54, 1.807) is 6.92 Å². The van der Waals surface area contributed by atoms with E-state index in [0.717, 1.165) is 33.9 Å². The molecule has 0 saturated heterocycles. The summed E-state index contributed by atoms with van der Waals surface area (Å²) in [6, 6.07) is 6.64. The molecule has 0 unspecified atom stereocenters. The van der Waals surface area contributed by atoms with Crippen LogP contribution in [0.15, 0.2) is 18.2 Å². The van der Waals surface area contributed by atoms with Crippen molar-refractivity contribution < 1.29 is 61.7 Å². The van der Waals surface area contributed by atoms with E-state index in [0.29, 0.717) is 0 Å². The van der Waals surface area contributed by atoms with Crippen LogP contribution >= 0.6 is 0 Å². The van der Waals surface area contributed by atoms with Gasteiger partial charge in [-0.1, -0.05) is 12.1 Å². The quantitative estimate of drug-likeness (QED) is 0.169. The van der Waals surface area contributed by atoms with E-state index in [9.17, 15) is 4.79 Å². The van der Waals surface area contributed by atoms with Gasteiger partial charge in [0.1, 0.15) is 0 Å². The zero-order chi connectivity index (χ0) is 19.8. The van der Waals surface area contributed by atoms with Gasteiger partial charge in [-0.25, -0.2) is 0 Å². The van der Waals surface area contributed by atoms with Crippen LogP contribution < -0.4 is 53.3 Å². The third kappa shape index (κ3) is 15.0. The fourth-order valence-electron chi connectivity index (χ4n) is 3.12. The Morgan fingerprint density at radius 1 is 0.821 bits per heavy atom. The fourth-order valence-corrected chi connectivity index (χ4v) is 3.12. The molecule has 0 atom stereocenters. The van der Waals surface area contributed by atoms with Crippen LogP contribution in [0.2, 0.25) is 0 Å². The van der Waals surface area contributed by atoms with Gasteiger partial charge in [-0.2, -0.15) is 0 Å². The van der Waals surface area contributed by atoms with E-state index in [-0.39, 0.29) is 53.9 Å². The zero-order valence-corrected chi connectivity index (χ0v) is 23.3. The second-order valence-electron chi connectivity index (χ2n) is 9.61. The summed E-state index contributed by atoms with van der Waals surface area (Å²) in [5.74, 6) is 0.0137. The van der Waals surface area contributed by atoms with Crippen molar-refractivity contribution in [2.45, 2.75) is 45.4 Å². The lowest BCUT2D eigenvalue weighted by Crippen LogP contribution is -3.00. The average Bonchev–Trinajstić information content (AvgIpc) is 2.47. The number of halogens is 2. The van der Waals surface area contributed by atoms with Gasteiger partial charge in [0.15, 0.2) is 0 Å². The highest BCUT2D eigenvalue weighted by Gasteiger charge is 2.10. The number of hydrogen-bond donors (Lipinski definition) is 1. The molecule has 0 spiro atoms. The zero-order valence-electron chi connectivity index (χ0n) is 18.9. The summed E-state index contributed by atoms with van der Waals surface area (Å²) in [6.45, 7) is 3.97. The van der Waals surface area contributed by atoms with Crippen molar-refractivity contribution >= 4 is 11.6 Å². The van der Waals surface area contributed by atoms with E-state index in [2.05, 4.69) is 65.8 Å². The van der Waals surface area contributed by atoms with Crippen LogP contribution in [0.4, 0.5) is 5.69 Å². The topological polar surface area (TPSA) is 29.1 Å². The fraction of sp³-hybridized carbons (Fsp3) is 0.682. The molecule has 0 aromatic heterocycles. The third-order valence-electron chi connectivity index (χ3n) is 4.55. The molecule has 0 fully saturated rings. The number of benzene rings is 1. The maximum Gasteiger partial charge on any atom is 0.221 e. The van der Waals surface area contributed by atoms with Crippen molar-refractivity contribution in [3.05, 3.63) is 29.3 Å². The summed E-state index contributed by atoms with van der Waals surface area (Å²) >= 11 is 0. The van der Waals surface area contributed by atoms with Gasteiger partial charge in [0.25, 0.3) is 0 Å². The lowest BCUT2D eigenvalue weighted by molar-refractivity contribution is -0.870. The molecule has 1 aromatic rings.